The summed E-state index contributed by atoms with van der Waals surface area (Å²) in [5.74, 6) is 0.454. The van der Waals surface area contributed by atoms with Gasteiger partial charge in [-0.25, -0.2) is 0 Å². The van der Waals surface area contributed by atoms with E-state index in [0.29, 0.717) is 26.9 Å². The zero-order valence-corrected chi connectivity index (χ0v) is 18.3. The molecule has 3 aromatic rings. The molecule has 0 radical (unpaired) electrons. The van der Waals surface area contributed by atoms with Crippen LogP contribution in [0.15, 0.2) is 71.3 Å². The molecule has 0 aliphatic carbocycles. The largest absolute Gasteiger partial charge is 0.497 e. The van der Waals surface area contributed by atoms with E-state index < -0.39 is 10.1 Å². The van der Waals surface area contributed by atoms with Crippen LogP contribution in [0.2, 0.25) is 10.0 Å². The van der Waals surface area contributed by atoms with Crippen LogP contribution < -0.4 is 13.7 Å². The van der Waals surface area contributed by atoms with Crippen molar-refractivity contribution in [3.8, 4) is 17.2 Å². The average molecular weight is 477 g/mol. The standard InChI is InChI=1S/C22H14Cl2O6S/c1-28-14-3-6-16(7-4-14)31(26,27)30-15-5-8-17-20(12-15)29-21(22(17)25)11-13-2-9-18(23)19(24)10-13/h2-12H,1H3. The highest BCUT2D eigenvalue weighted by Gasteiger charge is 2.28. The summed E-state index contributed by atoms with van der Waals surface area (Å²) >= 11 is 11.9. The van der Waals surface area contributed by atoms with Crippen molar-refractivity contribution >= 4 is 45.2 Å². The van der Waals surface area contributed by atoms with Gasteiger partial charge in [-0.1, -0.05) is 29.3 Å². The third-order valence-electron chi connectivity index (χ3n) is 4.44. The molecule has 0 bridgehead atoms. The van der Waals surface area contributed by atoms with Crippen LogP contribution in [0.25, 0.3) is 6.08 Å². The number of halogens is 2. The van der Waals surface area contributed by atoms with Crippen molar-refractivity contribution in [3.63, 3.8) is 0 Å². The highest BCUT2D eigenvalue weighted by molar-refractivity contribution is 7.87. The van der Waals surface area contributed by atoms with Gasteiger partial charge in [0, 0.05) is 6.07 Å². The van der Waals surface area contributed by atoms with Crippen LogP contribution in [0.3, 0.4) is 0 Å². The van der Waals surface area contributed by atoms with Gasteiger partial charge in [0.25, 0.3) is 0 Å². The third kappa shape index (κ3) is 4.39. The Morgan fingerprint density at radius 3 is 2.29 bits per heavy atom. The van der Waals surface area contributed by atoms with Gasteiger partial charge in [-0.2, -0.15) is 8.42 Å². The molecule has 3 aromatic carbocycles. The number of rotatable bonds is 5. The molecule has 1 heterocycles. The Kier molecular flexibility index (Phi) is 5.66. The number of hydrogen-bond donors (Lipinski definition) is 0. The second-order valence-corrected chi connectivity index (χ2v) is 8.84. The molecule has 158 valence electrons. The Morgan fingerprint density at radius 2 is 1.61 bits per heavy atom. The molecule has 0 saturated heterocycles. The topological polar surface area (TPSA) is 78.9 Å². The van der Waals surface area contributed by atoms with Crippen LogP contribution >= 0.6 is 23.2 Å². The summed E-state index contributed by atoms with van der Waals surface area (Å²) in [4.78, 5) is 12.6. The van der Waals surface area contributed by atoms with Gasteiger partial charge < -0.3 is 13.7 Å². The zero-order chi connectivity index (χ0) is 22.2. The normalized spacial score (nSPS) is 14.3. The van der Waals surface area contributed by atoms with E-state index >= 15 is 0 Å². The summed E-state index contributed by atoms with van der Waals surface area (Å²) in [5, 5.41) is 0.740. The number of ether oxygens (including phenoxy) is 2. The van der Waals surface area contributed by atoms with Gasteiger partial charge in [-0.15, -0.1) is 0 Å². The lowest BCUT2D eigenvalue weighted by atomic mass is 10.1. The van der Waals surface area contributed by atoms with Gasteiger partial charge in [0.15, 0.2) is 5.76 Å². The maximum Gasteiger partial charge on any atom is 0.339 e. The second kappa shape index (κ2) is 8.26. The molecule has 9 heteroatoms. The maximum absolute atomic E-state index is 12.6. The molecule has 1 aliphatic rings. The predicted octanol–water partition coefficient (Wildman–Crippen LogP) is 5.39. The number of hydrogen-bond acceptors (Lipinski definition) is 6. The zero-order valence-electron chi connectivity index (χ0n) is 16.0. The van der Waals surface area contributed by atoms with Crippen LogP contribution in [0.1, 0.15) is 15.9 Å². The monoisotopic (exact) mass is 476 g/mol. The van der Waals surface area contributed by atoms with Gasteiger partial charge in [0.1, 0.15) is 22.1 Å². The number of carbonyl (C=O) groups excluding carboxylic acids is 1. The summed E-state index contributed by atoms with van der Waals surface area (Å²) in [6.45, 7) is 0. The lowest BCUT2D eigenvalue weighted by Crippen LogP contribution is -2.09. The fourth-order valence-electron chi connectivity index (χ4n) is 2.89. The van der Waals surface area contributed by atoms with Crippen LogP contribution in [-0.4, -0.2) is 21.3 Å². The van der Waals surface area contributed by atoms with Crippen molar-refractivity contribution in [2.45, 2.75) is 4.90 Å². The SMILES string of the molecule is COc1ccc(S(=O)(=O)Oc2ccc3c(c2)OC(=Cc2ccc(Cl)c(Cl)c2)C3=O)cc1. The molecule has 6 nitrogen and oxygen atoms in total. The van der Waals surface area contributed by atoms with Crippen LogP contribution in [0.5, 0.6) is 17.2 Å². The number of carbonyl (C=O) groups is 1. The van der Waals surface area contributed by atoms with E-state index in [0.717, 1.165) is 0 Å². The van der Waals surface area contributed by atoms with E-state index in [-0.39, 0.29) is 27.9 Å². The van der Waals surface area contributed by atoms with Crippen LogP contribution in [-0.2, 0) is 10.1 Å². The molecular formula is C22H14Cl2O6S. The van der Waals surface area contributed by atoms with E-state index in [2.05, 4.69) is 0 Å². The Morgan fingerprint density at radius 1 is 0.903 bits per heavy atom. The molecule has 1 aliphatic heterocycles. The van der Waals surface area contributed by atoms with E-state index in [4.69, 9.17) is 36.9 Å². The quantitative estimate of drug-likeness (QED) is 0.363. The van der Waals surface area contributed by atoms with Crippen LogP contribution in [0, 0.1) is 0 Å². The first-order valence-corrected chi connectivity index (χ1v) is 11.0. The Balaban J connectivity index is 1.58. The van der Waals surface area contributed by atoms with E-state index in [9.17, 15) is 13.2 Å². The number of methoxy groups -OCH3 is 1. The van der Waals surface area contributed by atoms with Crippen molar-refractivity contribution in [1.82, 2.24) is 0 Å². The van der Waals surface area contributed by atoms with Crippen LogP contribution in [0.4, 0.5) is 0 Å². The number of benzene rings is 3. The minimum Gasteiger partial charge on any atom is -0.497 e. The number of Topliss-reactive ketones (excluding diaryl/α,β-unsaturated/α-hetero) is 1. The summed E-state index contributed by atoms with van der Waals surface area (Å²) in [6.07, 6.45) is 1.53. The van der Waals surface area contributed by atoms with Gasteiger partial charge in [0.05, 0.1) is 22.7 Å². The molecule has 0 N–H and O–H groups in total. The first-order chi connectivity index (χ1) is 14.8. The molecule has 31 heavy (non-hydrogen) atoms. The van der Waals surface area contributed by atoms with Gasteiger partial charge in [-0.05, 0) is 60.2 Å². The highest BCUT2D eigenvalue weighted by atomic mass is 35.5. The van der Waals surface area contributed by atoms with E-state index in [1.807, 2.05) is 0 Å². The minimum absolute atomic E-state index is 0.0122. The number of ketones is 1. The second-order valence-electron chi connectivity index (χ2n) is 6.48. The summed E-state index contributed by atoms with van der Waals surface area (Å²) < 4.78 is 40.9. The molecule has 0 fully saturated rings. The van der Waals surface area contributed by atoms with Crippen molar-refractivity contribution < 1.29 is 26.9 Å². The molecule has 4 rings (SSSR count). The lowest BCUT2D eigenvalue weighted by molar-refractivity contribution is 0.101. The Bertz CT molecular complexity index is 1310. The lowest BCUT2D eigenvalue weighted by Gasteiger charge is -2.08. The Labute approximate surface area is 188 Å². The van der Waals surface area contributed by atoms with Gasteiger partial charge in [-0.3, -0.25) is 4.79 Å². The number of allylic oxidation sites excluding steroid dienone is 1. The first kappa shape index (κ1) is 21.2. The minimum atomic E-state index is -4.08. The van der Waals surface area contributed by atoms with E-state index in [1.165, 1.54) is 55.7 Å². The molecule has 0 saturated carbocycles. The summed E-state index contributed by atoms with van der Waals surface area (Å²) in [6, 6.07) is 14.9. The fourth-order valence-corrected chi connectivity index (χ4v) is 4.12. The molecule has 0 amide bonds. The predicted molar refractivity (Wildman–Crippen MR) is 117 cm³/mol. The summed E-state index contributed by atoms with van der Waals surface area (Å²) in [7, 11) is -2.60. The molecule has 0 unspecified atom stereocenters. The smallest absolute Gasteiger partial charge is 0.339 e. The van der Waals surface area contributed by atoms with E-state index in [1.54, 1.807) is 18.2 Å². The maximum atomic E-state index is 12.6. The van der Waals surface area contributed by atoms with Crippen molar-refractivity contribution in [2.24, 2.45) is 0 Å². The van der Waals surface area contributed by atoms with Crippen molar-refractivity contribution in [1.29, 1.82) is 0 Å². The van der Waals surface area contributed by atoms with Crippen molar-refractivity contribution in [2.75, 3.05) is 7.11 Å². The van der Waals surface area contributed by atoms with Crippen molar-refractivity contribution in [3.05, 3.63) is 87.6 Å². The summed E-state index contributed by atoms with van der Waals surface area (Å²) in [5.41, 5.74) is 0.921. The molecule has 0 atom stereocenters. The average Bonchev–Trinajstić information content (AvgIpc) is 3.05. The Hall–Kier alpha value is -3.00. The fraction of sp³-hybridized carbons (Fsp3) is 0.0455. The molecule has 0 spiro atoms. The van der Waals surface area contributed by atoms with Gasteiger partial charge in [0.2, 0.25) is 5.78 Å². The highest BCUT2D eigenvalue weighted by Crippen LogP contribution is 2.36. The first-order valence-electron chi connectivity index (χ1n) is 8.89. The molecule has 0 aromatic heterocycles. The number of fused-ring (bicyclic) bond motifs is 1. The molecular weight excluding hydrogens is 463 g/mol. The third-order valence-corrected chi connectivity index (χ3v) is 6.44. The van der Waals surface area contributed by atoms with Gasteiger partial charge >= 0.3 is 10.1 Å².